The Bertz CT molecular complexity index is 1360. The van der Waals surface area contributed by atoms with E-state index in [1.807, 2.05) is 26.0 Å². The van der Waals surface area contributed by atoms with E-state index in [1.165, 1.54) is 17.0 Å². The second kappa shape index (κ2) is 10.0. The molecule has 4 rings (SSSR count). The topological polar surface area (TPSA) is 96.8 Å². The van der Waals surface area contributed by atoms with Gasteiger partial charge in [0.05, 0.1) is 23.9 Å². The molecular formula is C27H25FN2O5S. The minimum atomic E-state index is -1.00. The number of thiazole rings is 1. The van der Waals surface area contributed by atoms with Crippen molar-refractivity contribution in [3.8, 4) is 0 Å². The van der Waals surface area contributed by atoms with Crippen molar-refractivity contribution in [3.05, 3.63) is 87.2 Å². The van der Waals surface area contributed by atoms with E-state index < -0.39 is 35.3 Å². The van der Waals surface area contributed by atoms with Crippen LogP contribution >= 0.6 is 11.3 Å². The van der Waals surface area contributed by atoms with Crippen molar-refractivity contribution in [1.29, 1.82) is 0 Å². The molecule has 186 valence electrons. The van der Waals surface area contributed by atoms with E-state index in [2.05, 4.69) is 4.98 Å². The quantitative estimate of drug-likeness (QED) is 0.204. The van der Waals surface area contributed by atoms with Gasteiger partial charge in [-0.3, -0.25) is 14.5 Å². The lowest BCUT2D eigenvalue weighted by Gasteiger charge is -2.23. The number of hydrogen-bond acceptors (Lipinski definition) is 7. The fourth-order valence-corrected chi connectivity index (χ4v) is 5.03. The summed E-state index contributed by atoms with van der Waals surface area (Å²) in [6.07, 6.45) is 0. The molecule has 1 aliphatic heterocycles. The summed E-state index contributed by atoms with van der Waals surface area (Å²) in [7, 11) is 0. The first-order valence-corrected chi connectivity index (χ1v) is 12.3. The summed E-state index contributed by atoms with van der Waals surface area (Å²) in [6.45, 7) is 7.57. The van der Waals surface area contributed by atoms with Gasteiger partial charge in [-0.2, -0.15) is 0 Å². The van der Waals surface area contributed by atoms with E-state index in [9.17, 15) is 23.9 Å². The van der Waals surface area contributed by atoms with Crippen LogP contribution in [0.15, 0.2) is 54.1 Å². The zero-order valence-electron chi connectivity index (χ0n) is 20.2. The lowest BCUT2D eigenvalue weighted by atomic mass is 9.93. The van der Waals surface area contributed by atoms with Crippen LogP contribution in [0.25, 0.3) is 5.76 Å². The number of aliphatic hydroxyl groups is 1. The number of aromatic nitrogens is 1. The van der Waals surface area contributed by atoms with Crippen molar-refractivity contribution in [2.75, 3.05) is 11.5 Å². The number of ketones is 1. The molecule has 0 saturated carbocycles. The van der Waals surface area contributed by atoms with Gasteiger partial charge in [-0.05, 0) is 55.2 Å². The Morgan fingerprint density at radius 1 is 1.14 bits per heavy atom. The molecule has 0 unspecified atom stereocenters. The highest BCUT2D eigenvalue weighted by molar-refractivity contribution is 7.17. The number of amides is 1. The van der Waals surface area contributed by atoms with Gasteiger partial charge in [0.2, 0.25) is 0 Å². The van der Waals surface area contributed by atoms with Gasteiger partial charge < -0.3 is 9.84 Å². The van der Waals surface area contributed by atoms with Gasteiger partial charge in [0.1, 0.15) is 16.5 Å². The SMILES string of the molecule is CCOC(=O)c1sc(N2C(=O)C(=O)C(=C(O)c3ccc(F)cc3)[C@@H]2c2ccc(C(C)C)cc2)nc1C. The van der Waals surface area contributed by atoms with Crippen LogP contribution in [0.4, 0.5) is 9.52 Å². The van der Waals surface area contributed by atoms with Crippen LogP contribution in [0, 0.1) is 12.7 Å². The molecule has 0 radical (unpaired) electrons. The molecule has 1 fully saturated rings. The lowest BCUT2D eigenvalue weighted by Crippen LogP contribution is -2.29. The van der Waals surface area contributed by atoms with Gasteiger partial charge in [0.25, 0.3) is 5.78 Å². The smallest absolute Gasteiger partial charge is 0.350 e. The van der Waals surface area contributed by atoms with E-state index in [0.717, 1.165) is 29.0 Å². The molecule has 0 spiro atoms. The van der Waals surface area contributed by atoms with E-state index >= 15 is 0 Å². The van der Waals surface area contributed by atoms with Gasteiger partial charge in [0, 0.05) is 5.56 Å². The first-order valence-electron chi connectivity index (χ1n) is 11.4. The molecule has 7 nitrogen and oxygen atoms in total. The molecule has 1 N–H and O–H groups in total. The number of aryl methyl sites for hydroxylation is 1. The van der Waals surface area contributed by atoms with E-state index in [1.54, 1.807) is 26.0 Å². The van der Waals surface area contributed by atoms with Crippen LogP contribution in [0.1, 0.15) is 64.8 Å². The predicted molar refractivity (Wildman–Crippen MR) is 135 cm³/mol. The fourth-order valence-electron chi connectivity index (χ4n) is 4.04. The Hall–Kier alpha value is -3.85. The summed E-state index contributed by atoms with van der Waals surface area (Å²) in [5.41, 5.74) is 2.05. The van der Waals surface area contributed by atoms with Crippen LogP contribution in [-0.4, -0.2) is 34.4 Å². The molecule has 1 aliphatic rings. The highest BCUT2D eigenvalue weighted by Gasteiger charge is 2.48. The van der Waals surface area contributed by atoms with Crippen molar-refractivity contribution < 1.29 is 28.6 Å². The van der Waals surface area contributed by atoms with Crippen LogP contribution in [0.2, 0.25) is 0 Å². The van der Waals surface area contributed by atoms with E-state index in [4.69, 9.17) is 4.74 Å². The number of anilines is 1. The largest absolute Gasteiger partial charge is 0.507 e. The molecule has 3 aromatic rings. The molecule has 0 bridgehead atoms. The number of hydrogen-bond donors (Lipinski definition) is 1. The predicted octanol–water partition coefficient (Wildman–Crippen LogP) is 5.52. The van der Waals surface area contributed by atoms with Crippen LogP contribution in [0.5, 0.6) is 0 Å². The second-order valence-electron chi connectivity index (χ2n) is 8.63. The number of nitrogens with zero attached hydrogens (tertiary/aromatic N) is 2. The van der Waals surface area contributed by atoms with Gasteiger partial charge in [0.15, 0.2) is 5.13 Å². The van der Waals surface area contributed by atoms with Gasteiger partial charge >= 0.3 is 11.9 Å². The molecule has 0 aliphatic carbocycles. The maximum atomic E-state index is 13.5. The third-order valence-corrected chi connectivity index (χ3v) is 7.07. The molecule has 1 aromatic heterocycles. The molecule has 2 heterocycles. The van der Waals surface area contributed by atoms with Crippen molar-refractivity contribution in [2.45, 2.75) is 39.7 Å². The average Bonchev–Trinajstić information content (AvgIpc) is 3.36. The second-order valence-corrected chi connectivity index (χ2v) is 9.61. The Morgan fingerprint density at radius 3 is 2.36 bits per heavy atom. The number of halogens is 1. The Kier molecular flexibility index (Phi) is 7.03. The van der Waals surface area contributed by atoms with Crippen LogP contribution < -0.4 is 4.90 Å². The molecule has 1 amide bonds. The van der Waals surface area contributed by atoms with Crippen molar-refractivity contribution in [3.63, 3.8) is 0 Å². The summed E-state index contributed by atoms with van der Waals surface area (Å²) in [6, 6.07) is 11.4. The summed E-state index contributed by atoms with van der Waals surface area (Å²) in [4.78, 5) is 44.8. The highest BCUT2D eigenvalue weighted by Crippen LogP contribution is 2.44. The zero-order chi connectivity index (χ0) is 26.1. The number of aliphatic hydroxyl groups excluding tert-OH is 1. The average molecular weight is 509 g/mol. The Morgan fingerprint density at radius 2 is 1.78 bits per heavy atom. The first kappa shape index (κ1) is 25.2. The summed E-state index contributed by atoms with van der Waals surface area (Å²) < 4.78 is 18.6. The number of ether oxygens (including phenoxy) is 1. The number of rotatable bonds is 6. The lowest BCUT2D eigenvalue weighted by molar-refractivity contribution is -0.132. The monoisotopic (exact) mass is 508 g/mol. The van der Waals surface area contributed by atoms with Crippen molar-refractivity contribution in [2.24, 2.45) is 0 Å². The van der Waals surface area contributed by atoms with Crippen molar-refractivity contribution in [1.82, 2.24) is 4.98 Å². The molecule has 9 heteroatoms. The van der Waals surface area contributed by atoms with E-state index in [0.29, 0.717) is 11.3 Å². The van der Waals surface area contributed by atoms with Crippen molar-refractivity contribution >= 4 is 39.9 Å². The summed E-state index contributed by atoms with van der Waals surface area (Å²) >= 11 is 0.942. The standard InChI is InChI=1S/C27H25FN2O5S/c1-5-35-26(34)24-15(4)29-27(36-24)30-21(17-8-6-16(7-9-17)14(2)3)20(23(32)25(30)33)22(31)18-10-12-19(28)13-11-18/h6-14,21,31H,5H2,1-4H3/t21-/m0/s1. The molecule has 1 atom stereocenters. The van der Waals surface area contributed by atoms with E-state index in [-0.39, 0.29) is 33.7 Å². The van der Waals surface area contributed by atoms with Gasteiger partial charge in [-0.1, -0.05) is 49.4 Å². The number of esters is 1. The molecule has 1 saturated heterocycles. The summed E-state index contributed by atoms with van der Waals surface area (Å²) in [5.74, 6) is -3.02. The Balaban J connectivity index is 1.90. The first-order chi connectivity index (χ1) is 17.1. The number of benzene rings is 2. The number of carbonyl (C=O) groups excluding carboxylic acids is 3. The zero-order valence-corrected chi connectivity index (χ0v) is 21.1. The minimum absolute atomic E-state index is 0.133. The third-order valence-electron chi connectivity index (χ3n) is 5.93. The highest BCUT2D eigenvalue weighted by atomic mass is 32.1. The number of carbonyl (C=O) groups is 3. The van der Waals surface area contributed by atoms with Gasteiger partial charge in [-0.15, -0.1) is 0 Å². The maximum Gasteiger partial charge on any atom is 0.350 e. The molecular weight excluding hydrogens is 483 g/mol. The fraction of sp³-hybridized carbons (Fsp3) is 0.259. The molecule has 36 heavy (non-hydrogen) atoms. The van der Waals surface area contributed by atoms with Gasteiger partial charge in [-0.25, -0.2) is 14.2 Å². The summed E-state index contributed by atoms with van der Waals surface area (Å²) in [5, 5.41) is 11.3. The number of Topliss-reactive ketones (excluding diaryl/α,β-unsaturated/α-hetero) is 1. The third kappa shape index (κ3) is 4.54. The van der Waals surface area contributed by atoms with Crippen LogP contribution in [0.3, 0.4) is 0 Å². The minimum Gasteiger partial charge on any atom is -0.507 e. The Labute approximate surface area is 211 Å². The van der Waals surface area contributed by atoms with Crippen LogP contribution in [-0.2, 0) is 14.3 Å². The maximum absolute atomic E-state index is 13.5. The molecule has 2 aromatic carbocycles. The normalized spacial score (nSPS) is 17.2.